The molecule has 1 aromatic carbocycles. The number of H-pyrrole nitrogens is 1. The largest absolute Gasteiger partial charge is 0.397 e. The zero-order valence-corrected chi connectivity index (χ0v) is 12.0. The van der Waals surface area contributed by atoms with Crippen molar-refractivity contribution in [1.82, 2.24) is 14.8 Å². The van der Waals surface area contributed by atoms with Crippen molar-refractivity contribution in [2.75, 3.05) is 16.8 Å². The maximum atomic E-state index is 12.9. The van der Waals surface area contributed by atoms with Gasteiger partial charge in [0, 0.05) is 19.2 Å². The zero-order valence-electron chi connectivity index (χ0n) is 11.2. The van der Waals surface area contributed by atoms with Gasteiger partial charge in [0.2, 0.25) is 5.91 Å². The molecule has 0 aliphatic rings. The average molecular weight is 311 g/mol. The molecule has 0 saturated heterocycles. The summed E-state index contributed by atoms with van der Waals surface area (Å²) < 4.78 is 14.2. The molecule has 2 aromatic rings. The number of halogens is 1. The number of nitrogens with zero attached hydrogens (tertiary/aromatic N) is 2. The Hall–Kier alpha value is -2.29. The predicted molar refractivity (Wildman–Crippen MR) is 78.6 cm³/mol. The number of benzene rings is 1. The number of aromatic nitrogens is 3. The Labute approximate surface area is 123 Å². The molecule has 0 atom stereocenters. The summed E-state index contributed by atoms with van der Waals surface area (Å²) in [5, 5.41) is 9.24. The van der Waals surface area contributed by atoms with Crippen LogP contribution in [0.3, 0.4) is 0 Å². The minimum absolute atomic E-state index is 0.172. The number of anilines is 2. The van der Waals surface area contributed by atoms with E-state index < -0.39 is 5.82 Å². The first-order chi connectivity index (χ1) is 9.97. The molecular weight excluding hydrogens is 297 g/mol. The van der Waals surface area contributed by atoms with Gasteiger partial charge in [-0.3, -0.25) is 9.36 Å². The Morgan fingerprint density at radius 3 is 2.95 bits per heavy atom. The second kappa shape index (κ2) is 6.44. The van der Waals surface area contributed by atoms with E-state index >= 15 is 0 Å². The number of thioether (sulfide) groups is 1. The molecule has 1 amide bonds. The highest BCUT2D eigenvalue weighted by Crippen LogP contribution is 2.20. The SMILES string of the molecule is Cn1c(SCCC(=O)Nc2ccc(F)cc2N)n[nH]c1=O. The molecular formula is C12H14FN5O2S. The van der Waals surface area contributed by atoms with Gasteiger partial charge in [-0.05, 0) is 18.2 Å². The monoisotopic (exact) mass is 311 g/mol. The highest BCUT2D eigenvalue weighted by atomic mass is 32.2. The average Bonchev–Trinajstić information content (AvgIpc) is 2.74. The number of nitrogens with two attached hydrogens (primary N) is 1. The van der Waals surface area contributed by atoms with Crippen LogP contribution >= 0.6 is 11.8 Å². The molecule has 0 aliphatic carbocycles. The summed E-state index contributed by atoms with van der Waals surface area (Å²) >= 11 is 1.28. The van der Waals surface area contributed by atoms with E-state index in [-0.39, 0.29) is 23.7 Å². The first-order valence-electron chi connectivity index (χ1n) is 6.06. The number of aromatic amines is 1. The normalized spacial score (nSPS) is 10.6. The van der Waals surface area contributed by atoms with Crippen molar-refractivity contribution in [3.63, 3.8) is 0 Å². The Bertz CT molecular complexity index is 712. The first-order valence-corrected chi connectivity index (χ1v) is 7.05. The van der Waals surface area contributed by atoms with Gasteiger partial charge in [0.1, 0.15) is 5.82 Å². The van der Waals surface area contributed by atoms with Crippen LogP contribution in [-0.4, -0.2) is 26.4 Å². The topological polar surface area (TPSA) is 106 Å². The maximum Gasteiger partial charge on any atom is 0.343 e. The zero-order chi connectivity index (χ0) is 15.4. The van der Waals surface area contributed by atoms with Gasteiger partial charge in [-0.15, -0.1) is 5.10 Å². The summed E-state index contributed by atoms with van der Waals surface area (Å²) in [6.45, 7) is 0. The van der Waals surface area contributed by atoms with Crippen LogP contribution < -0.4 is 16.7 Å². The lowest BCUT2D eigenvalue weighted by molar-refractivity contribution is -0.115. The van der Waals surface area contributed by atoms with Crippen molar-refractivity contribution < 1.29 is 9.18 Å². The van der Waals surface area contributed by atoms with Crippen LogP contribution in [0.5, 0.6) is 0 Å². The third-order valence-corrected chi connectivity index (χ3v) is 3.72. The van der Waals surface area contributed by atoms with Crippen LogP contribution in [-0.2, 0) is 11.8 Å². The van der Waals surface area contributed by atoms with Gasteiger partial charge in [0.15, 0.2) is 5.16 Å². The number of amides is 1. The lowest BCUT2D eigenvalue weighted by atomic mass is 10.2. The summed E-state index contributed by atoms with van der Waals surface area (Å²) in [7, 11) is 1.59. The Balaban J connectivity index is 1.85. The summed E-state index contributed by atoms with van der Waals surface area (Å²) in [5.74, 6) is -0.257. The number of carbonyl (C=O) groups is 1. The fourth-order valence-corrected chi connectivity index (χ4v) is 2.41. The molecule has 0 bridgehead atoms. The fourth-order valence-electron chi connectivity index (χ4n) is 1.56. The summed E-state index contributed by atoms with van der Waals surface area (Å²) in [6, 6.07) is 3.78. The maximum absolute atomic E-state index is 12.9. The molecule has 4 N–H and O–H groups in total. The van der Waals surface area contributed by atoms with Crippen LogP contribution in [0, 0.1) is 5.82 Å². The van der Waals surface area contributed by atoms with E-state index in [1.807, 2.05) is 0 Å². The second-order valence-electron chi connectivity index (χ2n) is 4.25. The molecule has 1 aromatic heterocycles. The summed E-state index contributed by atoms with van der Waals surface area (Å²) in [6.07, 6.45) is 0.211. The van der Waals surface area contributed by atoms with Gasteiger partial charge in [-0.25, -0.2) is 14.3 Å². The lowest BCUT2D eigenvalue weighted by Gasteiger charge is -2.07. The number of rotatable bonds is 5. The minimum atomic E-state index is -0.458. The highest BCUT2D eigenvalue weighted by molar-refractivity contribution is 7.99. The lowest BCUT2D eigenvalue weighted by Crippen LogP contribution is -2.14. The van der Waals surface area contributed by atoms with Gasteiger partial charge in [0.05, 0.1) is 11.4 Å². The van der Waals surface area contributed by atoms with E-state index in [4.69, 9.17) is 5.73 Å². The minimum Gasteiger partial charge on any atom is -0.397 e. The Kier molecular flexibility index (Phi) is 4.63. The molecule has 2 rings (SSSR count). The van der Waals surface area contributed by atoms with Crippen LogP contribution in [0.15, 0.2) is 28.2 Å². The summed E-state index contributed by atoms with van der Waals surface area (Å²) in [4.78, 5) is 22.9. The Morgan fingerprint density at radius 2 is 2.33 bits per heavy atom. The molecule has 0 unspecified atom stereocenters. The van der Waals surface area contributed by atoms with Gasteiger partial charge in [0.25, 0.3) is 0 Å². The molecule has 112 valence electrons. The molecule has 0 fully saturated rings. The molecule has 1 heterocycles. The first kappa shape index (κ1) is 15.1. The number of hydrogen-bond donors (Lipinski definition) is 3. The molecule has 0 saturated carbocycles. The third kappa shape index (κ3) is 3.85. The molecule has 9 heteroatoms. The number of hydrogen-bond acceptors (Lipinski definition) is 5. The fraction of sp³-hybridized carbons (Fsp3) is 0.250. The Morgan fingerprint density at radius 1 is 1.57 bits per heavy atom. The van der Waals surface area contributed by atoms with E-state index in [1.54, 1.807) is 7.05 Å². The quantitative estimate of drug-likeness (QED) is 0.563. The van der Waals surface area contributed by atoms with Crippen LogP contribution in [0.2, 0.25) is 0 Å². The summed E-state index contributed by atoms with van der Waals surface area (Å²) in [5.41, 5.74) is 5.84. The highest BCUT2D eigenvalue weighted by Gasteiger charge is 2.09. The molecule has 0 radical (unpaired) electrons. The van der Waals surface area contributed by atoms with E-state index in [9.17, 15) is 14.0 Å². The van der Waals surface area contributed by atoms with E-state index in [0.29, 0.717) is 16.6 Å². The van der Waals surface area contributed by atoms with Crippen molar-refractivity contribution in [2.45, 2.75) is 11.6 Å². The predicted octanol–water partition coefficient (Wildman–Crippen LogP) is 0.951. The third-order valence-electron chi connectivity index (χ3n) is 2.69. The van der Waals surface area contributed by atoms with Crippen LogP contribution in [0.1, 0.15) is 6.42 Å². The van der Waals surface area contributed by atoms with Gasteiger partial charge in [-0.2, -0.15) is 0 Å². The van der Waals surface area contributed by atoms with Crippen molar-refractivity contribution in [1.29, 1.82) is 0 Å². The smallest absolute Gasteiger partial charge is 0.343 e. The van der Waals surface area contributed by atoms with Crippen LogP contribution in [0.4, 0.5) is 15.8 Å². The van der Waals surface area contributed by atoms with E-state index in [1.165, 1.54) is 28.5 Å². The second-order valence-corrected chi connectivity index (χ2v) is 5.31. The van der Waals surface area contributed by atoms with Crippen molar-refractivity contribution in [3.8, 4) is 0 Å². The van der Waals surface area contributed by atoms with Crippen molar-refractivity contribution in [3.05, 3.63) is 34.5 Å². The van der Waals surface area contributed by atoms with Gasteiger partial charge >= 0.3 is 5.69 Å². The molecule has 0 spiro atoms. The molecule has 0 aliphatic heterocycles. The number of nitrogens with one attached hydrogen (secondary N) is 2. The number of carbonyl (C=O) groups excluding carboxylic acids is 1. The van der Waals surface area contributed by atoms with E-state index in [0.717, 1.165) is 6.07 Å². The molecule has 7 nitrogen and oxygen atoms in total. The van der Waals surface area contributed by atoms with Crippen LogP contribution in [0.25, 0.3) is 0 Å². The van der Waals surface area contributed by atoms with Crippen molar-refractivity contribution in [2.24, 2.45) is 7.05 Å². The van der Waals surface area contributed by atoms with E-state index in [2.05, 4.69) is 15.5 Å². The van der Waals surface area contributed by atoms with Gasteiger partial charge < -0.3 is 11.1 Å². The number of nitrogen functional groups attached to an aromatic ring is 1. The molecule has 21 heavy (non-hydrogen) atoms. The standard InChI is InChI=1S/C12H14FN5O2S/c1-18-11(20)16-17-12(18)21-5-4-10(19)15-9-3-2-7(13)6-8(9)14/h2-3,6H,4-5,14H2,1H3,(H,15,19)(H,16,20). The van der Waals surface area contributed by atoms with Gasteiger partial charge in [-0.1, -0.05) is 11.8 Å². The van der Waals surface area contributed by atoms with Crippen molar-refractivity contribution >= 4 is 29.0 Å².